The zero-order valence-corrected chi connectivity index (χ0v) is 14.5. The summed E-state index contributed by atoms with van der Waals surface area (Å²) in [5.74, 6) is -1.26. The number of halogens is 2. The van der Waals surface area contributed by atoms with E-state index in [9.17, 15) is 13.2 Å². The zero-order chi connectivity index (χ0) is 17.5. The molecule has 1 heterocycles. The minimum atomic E-state index is -3.99. The first-order valence-corrected chi connectivity index (χ1v) is 9.14. The van der Waals surface area contributed by atoms with E-state index in [0.717, 1.165) is 6.26 Å². The van der Waals surface area contributed by atoms with Crippen molar-refractivity contribution in [2.75, 3.05) is 0 Å². The van der Waals surface area contributed by atoms with Crippen LogP contribution in [0.3, 0.4) is 0 Å². The zero-order valence-electron chi connectivity index (χ0n) is 12.1. The molecule has 2 aromatic rings. The Bertz CT molecular complexity index is 872. The predicted molar refractivity (Wildman–Crippen MR) is 85.7 cm³/mol. The molecule has 7 nitrogen and oxygen atoms in total. The van der Waals surface area contributed by atoms with Crippen LogP contribution in [-0.4, -0.2) is 34.8 Å². The average molecular weight is 391 g/mol. The van der Waals surface area contributed by atoms with Gasteiger partial charge in [0.2, 0.25) is 15.9 Å². The first-order chi connectivity index (χ1) is 11.3. The summed E-state index contributed by atoms with van der Waals surface area (Å²) in [6.07, 6.45) is 2.35. The molecule has 0 atom stereocenters. The molecule has 0 aliphatic heterocycles. The largest absolute Gasteiger partial charge is 0.476 e. The number of sulfonamides is 1. The highest BCUT2D eigenvalue weighted by molar-refractivity contribution is 7.89. The summed E-state index contributed by atoms with van der Waals surface area (Å²) in [4.78, 5) is 14.5. The van der Waals surface area contributed by atoms with Gasteiger partial charge in [-0.25, -0.2) is 18.2 Å². The lowest BCUT2D eigenvalue weighted by atomic mass is 10.4. The smallest absolute Gasteiger partial charge is 0.357 e. The predicted octanol–water partition coefficient (Wildman–Crippen LogP) is 3.03. The van der Waals surface area contributed by atoms with Crippen LogP contribution in [0, 0.1) is 0 Å². The second-order valence-electron chi connectivity index (χ2n) is 5.26. The van der Waals surface area contributed by atoms with Crippen LogP contribution < -0.4 is 0 Å². The van der Waals surface area contributed by atoms with Crippen LogP contribution in [-0.2, 0) is 16.6 Å². The summed E-state index contributed by atoms with van der Waals surface area (Å²) in [6, 6.07) is 4.22. The molecule has 1 aliphatic carbocycles. The van der Waals surface area contributed by atoms with Crippen LogP contribution in [0.25, 0.3) is 0 Å². The van der Waals surface area contributed by atoms with E-state index < -0.39 is 16.0 Å². The molecule has 10 heteroatoms. The van der Waals surface area contributed by atoms with E-state index in [-0.39, 0.29) is 39.1 Å². The number of aromatic nitrogens is 1. The lowest BCUT2D eigenvalue weighted by molar-refractivity contribution is 0.0690. The molecular formula is C14H12Cl2N2O5S. The topological polar surface area (TPSA) is 101 Å². The van der Waals surface area contributed by atoms with Gasteiger partial charge < -0.3 is 9.52 Å². The molecule has 1 aromatic carbocycles. The van der Waals surface area contributed by atoms with Crippen molar-refractivity contribution in [2.24, 2.45) is 0 Å². The number of oxazole rings is 1. The van der Waals surface area contributed by atoms with Gasteiger partial charge in [-0.05, 0) is 25.0 Å². The second-order valence-corrected chi connectivity index (χ2v) is 7.91. The fraction of sp³-hybridized carbons (Fsp3) is 0.286. The first kappa shape index (κ1) is 17.2. The lowest BCUT2D eigenvalue weighted by Crippen LogP contribution is -2.33. The van der Waals surface area contributed by atoms with Crippen molar-refractivity contribution in [1.29, 1.82) is 0 Å². The molecule has 128 valence electrons. The molecular weight excluding hydrogens is 379 g/mol. The maximum atomic E-state index is 13.0. The van der Waals surface area contributed by atoms with Crippen molar-refractivity contribution in [1.82, 2.24) is 9.29 Å². The highest BCUT2D eigenvalue weighted by Gasteiger charge is 2.40. The van der Waals surface area contributed by atoms with Crippen molar-refractivity contribution in [3.05, 3.63) is 46.1 Å². The van der Waals surface area contributed by atoms with Gasteiger partial charge in [0, 0.05) is 6.04 Å². The van der Waals surface area contributed by atoms with E-state index in [0.29, 0.717) is 12.8 Å². The monoisotopic (exact) mass is 390 g/mol. The van der Waals surface area contributed by atoms with E-state index >= 15 is 0 Å². The van der Waals surface area contributed by atoms with E-state index in [1.807, 2.05) is 0 Å². The molecule has 1 fully saturated rings. The third-order valence-electron chi connectivity index (χ3n) is 3.50. The van der Waals surface area contributed by atoms with E-state index in [1.54, 1.807) is 6.07 Å². The highest BCUT2D eigenvalue weighted by Crippen LogP contribution is 2.38. The maximum Gasteiger partial charge on any atom is 0.357 e. The van der Waals surface area contributed by atoms with Gasteiger partial charge in [0.15, 0.2) is 5.69 Å². The summed E-state index contributed by atoms with van der Waals surface area (Å²) in [7, 11) is -3.99. The van der Waals surface area contributed by atoms with Crippen LogP contribution in [0.1, 0.15) is 29.2 Å². The van der Waals surface area contributed by atoms with Crippen molar-refractivity contribution >= 4 is 39.2 Å². The molecule has 1 saturated carbocycles. The van der Waals surface area contributed by atoms with E-state index in [1.165, 1.54) is 16.4 Å². The number of nitrogens with zero attached hydrogens (tertiary/aromatic N) is 2. The van der Waals surface area contributed by atoms with E-state index in [4.69, 9.17) is 32.7 Å². The molecule has 0 unspecified atom stereocenters. The number of hydrogen-bond donors (Lipinski definition) is 1. The molecule has 0 spiro atoms. The van der Waals surface area contributed by atoms with Gasteiger partial charge in [-0.2, -0.15) is 4.31 Å². The first-order valence-electron chi connectivity index (χ1n) is 6.94. The van der Waals surface area contributed by atoms with Crippen molar-refractivity contribution in [3.8, 4) is 0 Å². The van der Waals surface area contributed by atoms with Gasteiger partial charge in [0.25, 0.3) is 0 Å². The molecule has 1 aliphatic rings. The Hall–Kier alpha value is -1.61. The van der Waals surface area contributed by atoms with Crippen molar-refractivity contribution in [3.63, 3.8) is 0 Å². The van der Waals surface area contributed by atoms with E-state index in [2.05, 4.69) is 4.98 Å². The van der Waals surface area contributed by atoms with Crippen LogP contribution >= 0.6 is 23.2 Å². The minimum Gasteiger partial charge on any atom is -0.476 e. The third-order valence-corrected chi connectivity index (χ3v) is 6.36. The lowest BCUT2D eigenvalue weighted by Gasteiger charge is -2.21. The van der Waals surface area contributed by atoms with Crippen LogP contribution in [0.15, 0.2) is 33.8 Å². The molecule has 3 rings (SSSR count). The number of hydrogen-bond acceptors (Lipinski definition) is 5. The number of carboxylic acids is 1. The Morgan fingerprint density at radius 3 is 2.46 bits per heavy atom. The van der Waals surface area contributed by atoms with Crippen molar-refractivity contribution in [2.45, 2.75) is 30.3 Å². The average Bonchev–Trinajstić information content (AvgIpc) is 3.21. The van der Waals surface area contributed by atoms with Crippen LogP contribution in [0.2, 0.25) is 10.0 Å². The fourth-order valence-corrected chi connectivity index (χ4v) is 4.96. The number of carboxylic acid groups (broad SMARTS) is 1. The number of carbonyl (C=O) groups is 1. The summed E-state index contributed by atoms with van der Waals surface area (Å²) in [5, 5.41) is 8.92. The normalized spacial score (nSPS) is 15.0. The molecule has 0 amide bonds. The fourth-order valence-electron chi connectivity index (χ4n) is 2.23. The van der Waals surface area contributed by atoms with Gasteiger partial charge in [-0.1, -0.05) is 29.3 Å². The quantitative estimate of drug-likeness (QED) is 0.813. The number of aromatic carboxylic acids is 1. The molecule has 0 bridgehead atoms. The standard InChI is InChI=1S/C14H12Cl2N2O5S/c15-9-2-1-3-10(16)13(9)24(21,22)18(8-4-5-8)6-12-17-11(7-23-12)14(19)20/h1-3,7-8H,4-6H2,(H,19,20). The highest BCUT2D eigenvalue weighted by atomic mass is 35.5. The maximum absolute atomic E-state index is 13.0. The summed E-state index contributed by atoms with van der Waals surface area (Å²) < 4.78 is 32.2. The summed E-state index contributed by atoms with van der Waals surface area (Å²) >= 11 is 12.0. The Kier molecular flexibility index (Phi) is 4.56. The van der Waals surface area contributed by atoms with Gasteiger partial charge in [-0.3, -0.25) is 0 Å². The Morgan fingerprint density at radius 1 is 1.33 bits per heavy atom. The van der Waals surface area contributed by atoms with Gasteiger partial charge >= 0.3 is 5.97 Å². The third kappa shape index (κ3) is 3.27. The summed E-state index contributed by atoms with van der Waals surface area (Å²) in [5.41, 5.74) is -0.283. The molecule has 0 radical (unpaired) electrons. The summed E-state index contributed by atoms with van der Waals surface area (Å²) in [6.45, 7) is -0.193. The Labute approximate surface area is 147 Å². The Morgan fingerprint density at radius 2 is 1.96 bits per heavy atom. The number of benzene rings is 1. The minimum absolute atomic E-state index is 0.00829. The van der Waals surface area contributed by atoms with Gasteiger partial charge in [-0.15, -0.1) is 0 Å². The van der Waals surface area contributed by atoms with Gasteiger partial charge in [0.1, 0.15) is 11.2 Å². The second kappa shape index (κ2) is 6.36. The van der Waals surface area contributed by atoms with Crippen LogP contribution in [0.5, 0.6) is 0 Å². The van der Waals surface area contributed by atoms with Crippen LogP contribution in [0.4, 0.5) is 0 Å². The molecule has 24 heavy (non-hydrogen) atoms. The Balaban J connectivity index is 1.97. The molecule has 1 N–H and O–H groups in total. The molecule has 0 saturated heterocycles. The SMILES string of the molecule is O=C(O)c1coc(CN(C2CC2)S(=O)(=O)c2c(Cl)cccc2Cl)n1. The molecule has 1 aromatic heterocycles. The van der Waals surface area contributed by atoms with Gasteiger partial charge in [0.05, 0.1) is 16.6 Å². The van der Waals surface area contributed by atoms with Crippen molar-refractivity contribution < 1.29 is 22.7 Å². The number of rotatable bonds is 6.